The zero-order valence-electron chi connectivity index (χ0n) is 12.8. The molecule has 0 aromatic heterocycles. The van der Waals surface area contributed by atoms with E-state index in [-0.39, 0.29) is 18.9 Å². The van der Waals surface area contributed by atoms with E-state index in [9.17, 15) is 9.59 Å². The molecule has 7 heteroatoms. The fourth-order valence-corrected chi connectivity index (χ4v) is 2.35. The number of amides is 1. The third-order valence-corrected chi connectivity index (χ3v) is 3.68. The van der Waals surface area contributed by atoms with Gasteiger partial charge in [-0.25, -0.2) is 4.79 Å². The molecule has 126 valence electrons. The normalized spacial score (nSPS) is 10.1. The number of nitrogens with one attached hydrogen (secondary N) is 1. The van der Waals surface area contributed by atoms with E-state index in [0.29, 0.717) is 27.0 Å². The van der Waals surface area contributed by atoms with Gasteiger partial charge in [0.1, 0.15) is 5.75 Å². The van der Waals surface area contributed by atoms with Gasteiger partial charge in [-0.2, -0.15) is 0 Å². The highest BCUT2D eigenvalue weighted by molar-refractivity contribution is 6.35. The number of carbonyl (C=O) groups is 2. The van der Waals surface area contributed by atoms with Crippen molar-refractivity contribution < 1.29 is 19.1 Å². The van der Waals surface area contributed by atoms with Crippen molar-refractivity contribution in [1.29, 1.82) is 0 Å². The molecule has 0 spiro atoms. The minimum absolute atomic E-state index is 0.136. The van der Waals surface area contributed by atoms with Gasteiger partial charge in [-0.1, -0.05) is 29.3 Å². The standard InChI is InChI=1S/C17H15Cl2NO4/c1-23-17(22)10-24-14-6-4-13(5-7-14)20-16(21)8-11-2-3-12(18)9-15(11)19/h2-7,9H,8,10H2,1H3,(H,20,21). The molecular formula is C17H15Cl2NO4. The number of hydrogen-bond acceptors (Lipinski definition) is 4. The SMILES string of the molecule is COC(=O)COc1ccc(NC(=O)Cc2ccc(Cl)cc2Cl)cc1. The molecule has 0 unspecified atom stereocenters. The molecule has 0 bridgehead atoms. The van der Waals surface area contributed by atoms with Crippen LogP contribution in [0.25, 0.3) is 0 Å². The van der Waals surface area contributed by atoms with Gasteiger partial charge in [0, 0.05) is 15.7 Å². The summed E-state index contributed by atoms with van der Waals surface area (Å²) >= 11 is 11.9. The maximum Gasteiger partial charge on any atom is 0.343 e. The quantitative estimate of drug-likeness (QED) is 0.790. The first-order valence-electron chi connectivity index (χ1n) is 7.01. The first-order valence-corrected chi connectivity index (χ1v) is 7.77. The van der Waals surface area contributed by atoms with Crippen LogP contribution in [0.4, 0.5) is 5.69 Å². The van der Waals surface area contributed by atoms with E-state index in [0.717, 1.165) is 0 Å². The van der Waals surface area contributed by atoms with Crippen LogP contribution in [0.2, 0.25) is 10.0 Å². The van der Waals surface area contributed by atoms with Crippen LogP contribution in [0.3, 0.4) is 0 Å². The van der Waals surface area contributed by atoms with Crippen LogP contribution in [-0.4, -0.2) is 25.6 Å². The largest absolute Gasteiger partial charge is 0.482 e. The summed E-state index contributed by atoms with van der Waals surface area (Å²) in [5.41, 5.74) is 1.30. The Morgan fingerprint density at radius 2 is 1.79 bits per heavy atom. The smallest absolute Gasteiger partial charge is 0.343 e. The van der Waals surface area contributed by atoms with Crippen molar-refractivity contribution in [3.8, 4) is 5.75 Å². The Kier molecular flexibility index (Phi) is 6.46. The summed E-state index contributed by atoms with van der Waals surface area (Å²) in [6, 6.07) is 11.6. The molecule has 0 atom stereocenters. The van der Waals surface area contributed by atoms with Gasteiger partial charge in [-0.05, 0) is 42.0 Å². The maximum absolute atomic E-state index is 12.1. The van der Waals surface area contributed by atoms with Crippen molar-refractivity contribution in [3.05, 3.63) is 58.1 Å². The van der Waals surface area contributed by atoms with Crippen LogP contribution in [0.1, 0.15) is 5.56 Å². The number of halogens is 2. The summed E-state index contributed by atoms with van der Waals surface area (Å²) in [5.74, 6) is -0.172. The summed E-state index contributed by atoms with van der Waals surface area (Å²) in [4.78, 5) is 23.1. The second-order valence-electron chi connectivity index (χ2n) is 4.85. The highest BCUT2D eigenvalue weighted by Crippen LogP contribution is 2.22. The van der Waals surface area contributed by atoms with Crippen molar-refractivity contribution in [1.82, 2.24) is 0 Å². The summed E-state index contributed by atoms with van der Waals surface area (Å²) in [7, 11) is 1.29. The number of benzene rings is 2. The van der Waals surface area contributed by atoms with Gasteiger partial charge in [-0.3, -0.25) is 4.79 Å². The van der Waals surface area contributed by atoms with Gasteiger partial charge in [0.25, 0.3) is 0 Å². The lowest BCUT2D eigenvalue weighted by Gasteiger charge is -2.08. The molecule has 0 fully saturated rings. The minimum Gasteiger partial charge on any atom is -0.482 e. The molecule has 1 amide bonds. The molecule has 0 saturated heterocycles. The van der Waals surface area contributed by atoms with Crippen LogP contribution in [-0.2, 0) is 20.7 Å². The van der Waals surface area contributed by atoms with E-state index in [4.69, 9.17) is 27.9 Å². The molecule has 0 aliphatic rings. The number of hydrogen-bond donors (Lipinski definition) is 1. The number of carbonyl (C=O) groups excluding carboxylic acids is 2. The summed E-state index contributed by atoms with van der Waals surface area (Å²) < 4.78 is 9.71. The number of ether oxygens (including phenoxy) is 2. The van der Waals surface area contributed by atoms with E-state index >= 15 is 0 Å². The molecule has 0 radical (unpaired) electrons. The Morgan fingerprint density at radius 3 is 2.42 bits per heavy atom. The monoisotopic (exact) mass is 367 g/mol. The van der Waals surface area contributed by atoms with Gasteiger partial charge < -0.3 is 14.8 Å². The van der Waals surface area contributed by atoms with Gasteiger partial charge in [0.05, 0.1) is 13.5 Å². The average Bonchev–Trinajstić information content (AvgIpc) is 2.56. The van der Waals surface area contributed by atoms with Crippen LogP contribution in [0.15, 0.2) is 42.5 Å². The van der Waals surface area contributed by atoms with Crippen LogP contribution in [0, 0.1) is 0 Å². The lowest BCUT2D eigenvalue weighted by atomic mass is 10.1. The van der Waals surface area contributed by atoms with Crippen molar-refractivity contribution in [2.24, 2.45) is 0 Å². The van der Waals surface area contributed by atoms with Crippen molar-refractivity contribution >= 4 is 40.8 Å². The van der Waals surface area contributed by atoms with Gasteiger partial charge in [0.2, 0.25) is 5.91 Å². The molecule has 0 aliphatic heterocycles. The average molecular weight is 368 g/mol. The molecule has 0 heterocycles. The van der Waals surface area contributed by atoms with Gasteiger partial charge in [-0.15, -0.1) is 0 Å². The van der Waals surface area contributed by atoms with E-state index in [1.165, 1.54) is 7.11 Å². The molecule has 1 N–H and O–H groups in total. The van der Waals surface area contributed by atoms with Crippen LogP contribution < -0.4 is 10.1 Å². The van der Waals surface area contributed by atoms with Crippen molar-refractivity contribution in [2.45, 2.75) is 6.42 Å². The molecule has 2 aromatic rings. The Balaban J connectivity index is 1.90. The lowest BCUT2D eigenvalue weighted by molar-refractivity contribution is -0.142. The van der Waals surface area contributed by atoms with Crippen molar-refractivity contribution in [2.75, 3.05) is 19.0 Å². The maximum atomic E-state index is 12.1. The molecule has 2 rings (SSSR count). The molecule has 24 heavy (non-hydrogen) atoms. The zero-order valence-corrected chi connectivity index (χ0v) is 14.4. The summed E-state index contributed by atoms with van der Waals surface area (Å²) in [6.45, 7) is -0.169. The predicted molar refractivity (Wildman–Crippen MR) is 92.7 cm³/mol. The Hall–Kier alpha value is -2.24. The first kappa shape index (κ1) is 18.1. The Labute approximate surface area is 149 Å². The predicted octanol–water partition coefficient (Wildman–Crippen LogP) is 3.73. The first-order chi connectivity index (χ1) is 11.5. The van der Waals surface area contributed by atoms with Gasteiger partial charge in [0.15, 0.2) is 6.61 Å². The molecule has 2 aromatic carbocycles. The van der Waals surface area contributed by atoms with Gasteiger partial charge >= 0.3 is 5.97 Å². The van der Waals surface area contributed by atoms with E-state index in [1.54, 1.807) is 42.5 Å². The molecule has 5 nitrogen and oxygen atoms in total. The van der Waals surface area contributed by atoms with E-state index in [1.807, 2.05) is 0 Å². The number of rotatable bonds is 6. The topological polar surface area (TPSA) is 64.6 Å². The summed E-state index contributed by atoms with van der Waals surface area (Å²) in [5, 5.41) is 3.73. The summed E-state index contributed by atoms with van der Waals surface area (Å²) in [6.07, 6.45) is 0.136. The molecule has 0 aliphatic carbocycles. The highest BCUT2D eigenvalue weighted by atomic mass is 35.5. The third kappa shape index (κ3) is 5.44. The second-order valence-corrected chi connectivity index (χ2v) is 5.69. The molecule has 0 saturated carbocycles. The van der Waals surface area contributed by atoms with Crippen LogP contribution >= 0.6 is 23.2 Å². The molecular weight excluding hydrogens is 353 g/mol. The zero-order chi connectivity index (χ0) is 17.5. The Bertz CT molecular complexity index is 732. The second kappa shape index (κ2) is 8.57. The lowest BCUT2D eigenvalue weighted by Crippen LogP contribution is -2.15. The fraction of sp³-hybridized carbons (Fsp3) is 0.176. The minimum atomic E-state index is -0.466. The number of esters is 1. The van der Waals surface area contributed by atoms with Crippen molar-refractivity contribution in [3.63, 3.8) is 0 Å². The van der Waals surface area contributed by atoms with E-state index < -0.39 is 5.97 Å². The van der Waals surface area contributed by atoms with E-state index in [2.05, 4.69) is 10.1 Å². The Morgan fingerprint density at radius 1 is 1.08 bits per heavy atom. The highest BCUT2D eigenvalue weighted by Gasteiger charge is 2.08. The fourth-order valence-electron chi connectivity index (χ4n) is 1.88. The number of anilines is 1. The number of methoxy groups -OCH3 is 1. The third-order valence-electron chi connectivity index (χ3n) is 3.09. The van der Waals surface area contributed by atoms with Crippen LogP contribution in [0.5, 0.6) is 5.75 Å².